The molecule has 0 fully saturated rings. The maximum absolute atomic E-state index is 10.7. The highest BCUT2D eigenvalue weighted by molar-refractivity contribution is 5.81. The lowest BCUT2D eigenvalue weighted by Crippen LogP contribution is -2.35. The van der Waals surface area contributed by atoms with Crippen molar-refractivity contribution >= 4 is 16.6 Å². The molecule has 0 aliphatic carbocycles. The third kappa shape index (κ3) is 3.48. The summed E-state index contributed by atoms with van der Waals surface area (Å²) in [4.78, 5) is 14.8. The van der Waals surface area contributed by atoms with Crippen molar-refractivity contribution in [1.29, 1.82) is 0 Å². The molecule has 19 heavy (non-hydrogen) atoms. The maximum atomic E-state index is 10.7. The van der Waals surface area contributed by atoms with Crippen LogP contribution < -0.4 is 5.32 Å². The van der Waals surface area contributed by atoms with Crippen LogP contribution in [0.15, 0.2) is 30.3 Å². The van der Waals surface area contributed by atoms with E-state index in [-0.39, 0.29) is 11.2 Å². The fourth-order valence-corrected chi connectivity index (χ4v) is 1.72. The fraction of sp³-hybridized carbons (Fsp3) is 0.357. The van der Waals surface area contributed by atoms with Gasteiger partial charge in [-0.2, -0.15) is 0 Å². The normalized spacial score (nSPS) is 11.7. The Hall–Kier alpha value is -2.01. The number of non-ortho nitro benzene ring substituents is 1. The van der Waals surface area contributed by atoms with Gasteiger partial charge in [0.05, 0.1) is 16.1 Å². The molecular formula is C14H17N3O2. The molecule has 0 spiro atoms. The molecule has 0 radical (unpaired) electrons. The summed E-state index contributed by atoms with van der Waals surface area (Å²) in [5.41, 5.74) is 1.83. The Morgan fingerprint density at radius 2 is 2.00 bits per heavy atom. The van der Waals surface area contributed by atoms with Crippen LogP contribution in [0.5, 0.6) is 0 Å². The zero-order valence-corrected chi connectivity index (χ0v) is 11.3. The highest BCUT2D eigenvalue weighted by Crippen LogP contribution is 2.19. The lowest BCUT2D eigenvalue weighted by atomic mass is 10.1. The number of nitro groups is 1. The van der Waals surface area contributed by atoms with Crippen LogP contribution in [0.25, 0.3) is 10.9 Å². The largest absolute Gasteiger partial charge is 0.306 e. The van der Waals surface area contributed by atoms with E-state index in [1.165, 1.54) is 6.07 Å². The van der Waals surface area contributed by atoms with E-state index < -0.39 is 4.92 Å². The van der Waals surface area contributed by atoms with E-state index in [0.717, 1.165) is 16.6 Å². The van der Waals surface area contributed by atoms with Crippen LogP contribution in [-0.4, -0.2) is 15.4 Å². The van der Waals surface area contributed by atoms with Crippen LogP contribution in [0.2, 0.25) is 0 Å². The van der Waals surface area contributed by atoms with Gasteiger partial charge in [-0.15, -0.1) is 0 Å². The average molecular weight is 259 g/mol. The molecule has 0 saturated heterocycles. The first-order chi connectivity index (χ1) is 8.85. The van der Waals surface area contributed by atoms with Gasteiger partial charge in [0, 0.05) is 29.6 Å². The fourth-order valence-electron chi connectivity index (χ4n) is 1.72. The summed E-state index contributed by atoms with van der Waals surface area (Å²) >= 11 is 0. The quantitative estimate of drug-likeness (QED) is 0.679. The van der Waals surface area contributed by atoms with Crippen LogP contribution >= 0.6 is 0 Å². The summed E-state index contributed by atoms with van der Waals surface area (Å²) < 4.78 is 0. The monoisotopic (exact) mass is 259 g/mol. The number of nitrogens with one attached hydrogen (secondary N) is 1. The van der Waals surface area contributed by atoms with Gasteiger partial charge in [0.15, 0.2) is 0 Å². The van der Waals surface area contributed by atoms with Crippen molar-refractivity contribution < 1.29 is 4.92 Å². The lowest BCUT2D eigenvalue weighted by molar-refractivity contribution is -0.384. The number of rotatable bonds is 3. The van der Waals surface area contributed by atoms with Crippen molar-refractivity contribution in [3.63, 3.8) is 0 Å². The van der Waals surface area contributed by atoms with Crippen LogP contribution in [0, 0.1) is 10.1 Å². The zero-order valence-electron chi connectivity index (χ0n) is 11.3. The van der Waals surface area contributed by atoms with Crippen molar-refractivity contribution in [1.82, 2.24) is 10.3 Å². The van der Waals surface area contributed by atoms with E-state index in [2.05, 4.69) is 31.1 Å². The van der Waals surface area contributed by atoms with E-state index in [0.29, 0.717) is 6.54 Å². The Labute approximate surface area is 111 Å². The first-order valence-electron chi connectivity index (χ1n) is 6.14. The Morgan fingerprint density at radius 1 is 1.26 bits per heavy atom. The second kappa shape index (κ2) is 4.93. The Bertz CT molecular complexity index is 618. The Morgan fingerprint density at radius 3 is 2.63 bits per heavy atom. The number of hydrogen-bond acceptors (Lipinski definition) is 4. The molecule has 1 heterocycles. The average Bonchev–Trinajstić information content (AvgIpc) is 2.34. The second-order valence-corrected chi connectivity index (χ2v) is 5.54. The topological polar surface area (TPSA) is 68.1 Å². The summed E-state index contributed by atoms with van der Waals surface area (Å²) in [6, 6.07) is 8.48. The van der Waals surface area contributed by atoms with Gasteiger partial charge in [-0.3, -0.25) is 15.1 Å². The van der Waals surface area contributed by atoms with Gasteiger partial charge < -0.3 is 5.32 Å². The highest BCUT2D eigenvalue weighted by Gasteiger charge is 2.10. The molecule has 0 atom stereocenters. The molecule has 2 rings (SSSR count). The van der Waals surface area contributed by atoms with Crippen molar-refractivity contribution in [3.05, 3.63) is 46.1 Å². The van der Waals surface area contributed by atoms with Gasteiger partial charge in [0.25, 0.3) is 5.69 Å². The van der Waals surface area contributed by atoms with Crippen LogP contribution in [0.1, 0.15) is 26.5 Å². The number of pyridine rings is 1. The summed E-state index contributed by atoms with van der Waals surface area (Å²) in [7, 11) is 0. The van der Waals surface area contributed by atoms with E-state index >= 15 is 0 Å². The van der Waals surface area contributed by atoms with Gasteiger partial charge >= 0.3 is 0 Å². The van der Waals surface area contributed by atoms with Crippen molar-refractivity contribution in [3.8, 4) is 0 Å². The SMILES string of the molecule is CC(C)(C)NCc1ccc2cc([N+](=O)[O-])ccc2n1. The number of aromatic nitrogens is 1. The predicted octanol–water partition coefficient (Wildman–Crippen LogP) is 3.03. The van der Waals surface area contributed by atoms with Crippen LogP contribution in [-0.2, 0) is 6.54 Å². The molecule has 2 aromatic rings. The predicted molar refractivity (Wildman–Crippen MR) is 75.0 cm³/mol. The minimum absolute atomic E-state index is 0.0338. The zero-order chi connectivity index (χ0) is 14.0. The van der Waals surface area contributed by atoms with Gasteiger partial charge in [-0.05, 0) is 32.9 Å². The van der Waals surface area contributed by atoms with E-state index in [1.807, 2.05) is 12.1 Å². The lowest BCUT2D eigenvalue weighted by Gasteiger charge is -2.20. The van der Waals surface area contributed by atoms with Crippen molar-refractivity contribution in [2.45, 2.75) is 32.9 Å². The number of nitrogens with zero attached hydrogens (tertiary/aromatic N) is 2. The summed E-state index contributed by atoms with van der Waals surface area (Å²) in [5.74, 6) is 0. The molecule has 0 bridgehead atoms. The maximum Gasteiger partial charge on any atom is 0.270 e. The summed E-state index contributed by atoms with van der Waals surface area (Å²) in [5, 5.41) is 14.8. The van der Waals surface area contributed by atoms with Crippen molar-refractivity contribution in [2.75, 3.05) is 0 Å². The Kier molecular flexibility index (Phi) is 3.48. The summed E-state index contributed by atoms with van der Waals surface area (Å²) in [6.07, 6.45) is 0. The number of fused-ring (bicyclic) bond motifs is 1. The van der Waals surface area contributed by atoms with E-state index in [1.54, 1.807) is 12.1 Å². The molecule has 5 nitrogen and oxygen atoms in total. The van der Waals surface area contributed by atoms with Crippen LogP contribution in [0.4, 0.5) is 5.69 Å². The molecule has 5 heteroatoms. The molecule has 1 N–H and O–H groups in total. The molecule has 0 saturated carbocycles. The molecule has 0 unspecified atom stereocenters. The highest BCUT2D eigenvalue weighted by atomic mass is 16.6. The summed E-state index contributed by atoms with van der Waals surface area (Å²) in [6.45, 7) is 6.96. The third-order valence-corrected chi connectivity index (χ3v) is 2.74. The standard InChI is InChI=1S/C14H17N3O2/c1-14(2,3)15-9-11-5-4-10-8-12(17(18)19)6-7-13(10)16-11/h4-8,15H,9H2,1-3H3. The van der Waals surface area contributed by atoms with Gasteiger partial charge in [0.1, 0.15) is 0 Å². The first kappa shape index (κ1) is 13.4. The molecule has 0 aliphatic heterocycles. The van der Waals surface area contributed by atoms with E-state index in [9.17, 15) is 10.1 Å². The number of hydrogen-bond donors (Lipinski definition) is 1. The third-order valence-electron chi connectivity index (χ3n) is 2.74. The van der Waals surface area contributed by atoms with Crippen molar-refractivity contribution in [2.24, 2.45) is 0 Å². The molecule has 100 valence electrons. The molecule has 1 aromatic heterocycles. The molecule has 1 aromatic carbocycles. The van der Waals surface area contributed by atoms with Gasteiger partial charge in [-0.1, -0.05) is 6.07 Å². The molecular weight excluding hydrogens is 242 g/mol. The minimum atomic E-state index is -0.394. The van der Waals surface area contributed by atoms with Gasteiger partial charge in [-0.25, -0.2) is 0 Å². The smallest absolute Gasteiger partial charge is 0.270 e. The number of benzene rings is 1. The minimum Gasteiger partial charge on any atom is -0.306 e. The first-order valence-corrected chi connectivity index (χ1v) is 6.14. The Balaban J connectivity index is 2.26. The van der Waals surface area contributed by atoms with Gasteiger partial charge in [0.2, 0.25) is 0 Å². The second-order valence-electron chi connectivity index (χ2n) is 5.54. The van der Waals surface area contributed by atoms with Crippen LogP contribution in [0.3, 0.4) is 0 Å². The van der Waals surface area contributed by atoms with E-state index in [4.69, 9.17) is 0 Å². The molecule has 0 amide bonds. The number of nitro benzene ring substituents is 1. The molecule has 0 aliphatic rings.